The quantitative estimate of drug-likeness (QED) is 0.618. The molecule has 0 bridgehead atoms. The highest BCUT2D eigenvalue weighted by atomic mass is 32.1. The molecule has 2 amide bonds. The number of nitrogens with zero attached hydrogens (tertiary/aromatic N) is 2. The van der Waals surface area contributed by atoms with Crippen molar-refractivity contribution in [1.29, 1.82) is 0 Å². The number of carbonyl (C=O) groups excluding carboxylic acids is 1. The van der Waals surface area contributed by atoms with Crippen LogP contribution in [0.1, 0.15) is 23.9 Å². The molecule has 9 heteroatoms. The van der Waals surface area contributed by atoms with Crippen LogP contribution in [0.5, 0.6) is 5.75 Å². The van der Waals surface area contributed by atoms with Gasteiger partial charge in [0, 0.05) is 18.3 Å². The van der Waals surface area contributed by atoms with E-state index in [0.717, 1.165) is 34.1 Å². The van der Waals surface area contributed by atoms with Gasteiger partial charge in [0.05, 0.1) is 16.3 Å². The first-order valence-electron chi connectivity index (χ1n) is 8.68. The number of aromatic nitrogens is 1. The first-order chi connectivity index (χ1) is 13.4. The van der Waals surface area contributed by atoms with Gasteiger partial charge in [0.25, 0.3) is 0 Å². The molecule has 0 spiro atoms. The molecule has 3 aromatic rings. The first-order valence-corrected chi connectivity index (χ1v) is 9.49. The van der Waals surface area contributed by atoms with E-state index in [4.69, 9.17) is 0 Å². The molecule has 0 saturated carbocycles. The minimum atomic E-state index is -4.78. The van der Waals surface area contributed by atoms with Crippen LogP contribution in [-0.4, -0.2) is 28.8 Å². The zero-order valence-electron chi connectivity index (χ0n) is 14.6. The summed E-state index contributed by atoms with van der Waals surface area (Å²) in [6.07, 6.45) is -3.15. The van der Waals surface area contributed by atoms with Gasteiger partial charge in [-0.25, -0.2) is 9.78 Å². The lowest BCUT2D eigenvalue weighted by Gasteiger charge is -2.23. The fraction of sp³-hybridized carbons (Fsp3) is 0.263. The Morgan fingerprint density at radius 2 is 2.04 bits per heavy atom. The summed E-state index contributed by atoms with van der Waals surface area (Å²) >= 11 is 1.55. The molecule has 1 atom stereocenters. The molecular weight excluding hydrogens is 391 g/mol. The Labute approximate surface area is 162 Å². The van der Waals surface area contributed by atoms with Crippen LogP contribution in [0.25, 0.3) is 10.2 Å². The van der Waals surface area contributed by atoms with Gasteiger partial charge in [0.15, 0.2) is 0 Å². The second-order valence-electron chi connectivity index (χ2n) is 6.38. The maximum absolute atomic E-state index is 12.7. The second kappa shape index (κ2) is 7.31. The van der Waals surface area contributed by atoms with Gasteiger partial charge in [0.1, 0.15) is 10.8 Å². The molecule has 1 aliphatic heterocycles. The summed E-state index contributed by atoms with van der Waals surface area (Å²) in [4.78, 5) is 19.1. The summed E-state index contributed by atoms with van der Waals surface area (Å²) < 4.78 is 42.1. The van der Waals surface area contributed by atoms with Gasteiger partial charge < -0.3 is 15.0 Å². The second-order valence-corrected chi connectivity index (χ2v) is 7.44. The van der Waals surface area contributed by atoms with Crippen molar-refractivity contribution in [3.8, 4) is 5.75 Å². The van der Waals surface area contributed by atoms with Crippen molar-refractivity contribution in [3.63, 3.8) is 0 Å². The average Bonchev–Trinajstić information content (AvgIpc) is 3.27. The molecule has 28 heavy (non-hydrogen) atoms. The number of amides is 2. The summed E-state index contributed by atoms with van der Waals surface area (Å²) in [5.74, 6) is -0.380. The first kappa shape index (κ1) is 18.5. The highest BCUT2D eigenvalue weighted by Gasteiger charge is 2.33. The van der Waals surface area contributed by atoms with Crippen molar-refractivity contribution in [3.05, 3.63) is 53.5 Å². The third kappa shape index (κ3) is 4.04. The highest BCUT2D eigenvalue weighted by molar-refractivity contribution is 7.18. The van der Waals surface area contributed by atoms with Crippen molar-refractivity contribution in [2.45, 2.75) is 25.2 Å². The predicted octanol–water partition coefficient (Wildman–Crippen LogP) is 5.56. The minimum Gasteiger partial charge on any atom is -0.406 e. The smallest absolute Gasteiger partial charge is 0.406 e. The van der Waals surface area contributed by atoms with Gasteiger partial charge in [-0.15, -0.1) is 24.5 Å². The van der Waals surface area contributed by atoms with Crippen LogP contribution in [0.4, 0.5) is 23.7 Å². The van der Waals surface area contributed by atoms with E-state index in [9.17, 15) is 18.0 Å². The summed E-state index contributed by atoms with van der Waals surface area (Å²) in [5, 5.41) is 3.52. The van der Waals surface area contributed by atoms with Crippen LogP contribution in [0.3, 0.4) is 0 Å². The molecule has 4 rings (SSSR count). The van der Waals surface area contributed by atoms with Gasteiger partial charge in [-0.05, 0) is 37.1 Å². The lowest BCUT2D eigenvalue weighted by Crippen LogP contribution is -2.34. The number of rotatable bonds is 3. The van der Waals surface area contributed by atoms with Crippen LogP contribution in [0.15, 0.2) is 48.5 Å². The number of carbonyl (C=O) groups is 1. The Bertz CT molecular complexity index is 972. The van der Waals surface area contributed by atoms with Crippen molar-refractivity contribution in [2.24, 2.45) is 0 Å². The number of hydrogen-bond acceptors (Lipinski definition) is 4. The number of hydrogen-bond donors (Lipinski definition) is 1. The topological polar surface area (TPSA) is 54.5 Å². The molecule has 1 fully saturated rings. The van der Waals surface area contributed by atoms with E-state index in [1.807, 2.05) is 24.3 Å². The van der Waals surface area contributed by atoms with Crippen LogP contribution in [0, 0.1) is 0 Å². The Hall–Kier alpha value is -2.81. The number of thiazole rings is 1. The number of likely N-dealkylation sites (tertiary alicyclic amines) is 1. The summed E-state index contributed by atoms with van der Waals surface area (Å²) in [7, 11) is 0. The summed E-state index contributed by atoms with van der Waals surface area (Å²) in [6, 6.07) is 12.5. The third-order valence-corrected chi connectivity index (χ3v) is 5.57. The van der Waals surface area contributed by atoms with Crippen molar-refractivity contribution in [2.75, 3.05) is 11.9 Å². The molecule has 2 heterocycles. The molecule has 2 aromatic carbocycles. The number of urea groups is 1. The fourth-order valence-electron chi connectivity index (χ4n) is 3.27. The Balaban J connectivity index is 1.50. The predicted molar refractivity (Wildman–Crippen MR) is 100 cm³/mol. The molecule has 0 radical (unpaired) electrons. The van der Waals surface area contributed by atoms with E-state index in [2.05, 4.69) is 15.0 Å². The Morgan fingerprint density at radius 3 is 2.82 bits per heavy atom. The van der Waals surface area contributed by atoms with E-state index in [1.54, 1.807) is 16.2 Å². The van der Waals surface area contributed by atoms with E-state index in [-0.39, 0.29) is 23.5 Å². The van der Waals surface area contributed by atoms with Crippen LogP contribution < -0.4 is 10.1 Å². The number of fused-ring (bicyclic) bond motifs is 1. The fourth-order valence-corrected chi connectivity index (χ4v) is 4.38. The molecule has 0 aliphatic carbocycles. The van der Waals surface area contributed by atoms with E-state index in [0.29, 0.717) is 6.54 Å². The Kier molecular flexibility index (Phi) is 4.84. The third-order valence-electron chi connectivity index (χ3n) is 4.43. The molecule has 1 saturated heterocycles. The van der Waals surface area contributed by atoms with Gasteiger partial charge >= 0.3 is 12.4 Å². The molecule has 0 unspecified atom stereocenters. The summed E-state index contributed by atoms with van der Waals surface area (Å²) in [5.41, 5.74) is 1.13. The largest absolute Gasteiger partial charge is 0.573 e. The summed E-state index contributed by atoms with van der Waals surface area (Å²) in [6.45, 7) is 0.561. The van der Waals surface area contributed by atoms with Crippen LogP contribution >= 0.6 is 11.3 Å². The van der Waals surface area contributed by atoms with E-state index in [1.165, 1.54) is 18.2 Å². The highest BCUT2D eigenvalue weighted by Crippen LogP contribution is 2.37. The molecule has 1 aromatic heterocycles. The lowest BCUT2D eigenvalue weighted by atomic mass is 10.2. The average molecular weight is 407 g/mol. The van der Waals surface area contributed by atoms with Gasteiger partial charge in [-0.2, -0.15) is 0 Å². The molecular formula is C19H16F3N3O2S. The minimum absolute atomic E-state index is 0.146. The number of alkyl halides is 3. The molecule has 1 aliphatic rings. The van der Waals surface area contributed by atoms with Crippen molar-refractivity contribution in [1.82, 2.24) is 9.88 Å². The zero-order valence-corrected chi connectivity index (χ0v) is 15.4. The monoisotopic (exact) mass is 407 g/mol. The van der Waals surface area contributed by atoms with E-state index >= 15 is 0 Å². The number of benzene rings is 2. The number of ether oxygens (including phenoxy) is 1. The van der Waals surface area contributed by atoms with E-state index < -0.39 is 6.36 Å². The molecule has 1 N–H and O–H groups in total. The standard InChI is InChI=1S/C19H16F3N3O2S/c20-19(21,22)27-13-6-3-5-12(11-13)23-18(26)25-10-4-8-15(25)17-24-14-7-1-2-9-16(14)28-17/h1-3,5-7,9,11,15H,4,8,10H2,(H,23,26)/t15-/m0/s1. The Morgan fingerprint density at radius 1 is 1.21 bits per heavy atom. The van der Waals surface area contributed by atoms with Crippen LogP contribution in [0.2, 0.25) is 0 Å². The number of anilines is 1. The SMILES string of the molecule is O=C(Nc1cccc(OC(F)(F)F)c1)N1CCC[C@H]1c1nc2ccccc2s1. The maximum atomic E-state index is 12.7. The molecule has 146 valence electrons. The van der Waals surface area contributed by atoms with Crippen molar-refractivity contribution >= 4 is 33.3 Å². The number of nitrogens with one attached hydrogen (secondary N) is 1. The molecule has 5 nitrogen and oxygen atoms in total. The zero-order chi connectivity index (χ0) is 19.7. The van der Waals surface area contributed by atoms with Gasteiger partial charge in [-0.1, -0.05) is 18.2 Å². The number of para-hydroxylation sites is 1. The van der Waals surface area contributed by atoms with Gasteiger partial charge in [-0.3, -0.25) is 0 Å². The maximum Gasteiger partial charge on any atom is 0.573 e. The van der Waals surface area contributed by atoms with Gasteiger partial charge in [0.2, 0.25) is 0 Å². The van der Waals surface area contributed by atoms with Crippen molar-refractivity contribution < 1.29 is 22.7 Å². The normalized spacial score (nSPS) is 17.1. The number of halogens is 3. The van der Waals surface area contributed by atoms with Crippen LogP contribution in [-0.2, 0) is 0 Å². The lowest BCUT2D eigenvalue weighted by molar-refractivity contribution is -0.274.